The Morgan fingerprint density at radius 3 is 2.09 bits per heavy atom. The fourth-order valence-electron chi connectivity index (χ4n) is 3.35. The quantitative estimate of drug-likeness (QED) is 0.458. The van der Waals surface area contributed by atoms with Crippen molar-refractivity contribution < 1.29 is 23.7 Å². The highest BCUT2D eigenvalue weighted by atomic mass is 16.6. The molecule has 22 heavy (non-hydrogen) atoms. The summed E-state index contributed by atoms with van der Waals surface area (Å²) in [6.45, 7) is 6.71. The minimum Gasteiger partial charge on any atom is -0.465 e. The highest BCUT2D eigenvalue weighted by Gasteiger charge is 2.47. The molecule has 0 aliphatic carbocycles. The monoisotopic (exact) mass is 312 g/mol. The van der Waals surface area contributed by atoms with Crippen LogP contribution in [-0.2, 0) is 23.7 Å². The van der Waals surface area contributed by atoms with Crippen molar-refractivity contribution in [3.8, 4) is 0 Å². The Hall–Kier alpha value is -0.650. The zero-order valence-electron chi connectivity index (χ0n) is 13.8. The second kappa shape index (κ2) is 6.85. The van der Waals surface area contributed by atoms with E-state index in [1.54, 1.807) is 0 Å². The zero-order chi connectivity index (χ0) is 15.7. The van der Waals surface area contributed by atoms with Crippen LogP contribution in [0.3, 0.4) is 0 Å². The summed E-state index contributed by atoms with van der Waals surface area (Å²) in [7, 11) is 0. The molecular formula is C17H28O5. The molecule has 0 N–H and O–H groups in total. The van der Waals surface area contributed by atoms with Crippen molar-refractivity contribution in [2.75, 3.05) is 6.61 Å². The molecule has 3 rings (SSSR count). The standard InChI is InChI=1S/C17H28O5/c1-4-12-14(21-12)7-6-11(16-10(3)20-16)17(18)19-9-8-15-13(5-2)22-15/h10-16H,4-9H2,1-3H3. The van der Waals surface area contributed by atoms with Crippen LogP contribution >= 0.6 is 0 Å². The van der Waals surface area contributed by atoms with Crippen molar-refractivity contribution in [3.05, 3.63) is 0 Å². The normalized spacial score (nSPS) is 40.1. The number of hydrogen-bond acceptors (Lipinski definition) is 5. The first-order valence-corrected chi connectivity index (χ1v) is 8.77. The lowest BCUT2D eigenvalue weighted by Gasteiger charge is -2.13. The van der Waals surface area contributed by atoms with Crippen LogP contribution in [-0.4, -0.2) is 49.2 Å². The molecule has 0 amide bonds. The molecule has 0 saturated carbocycles. The fraction of sp³-hybridized carbons (Fsp3) is 0.941. The maximum Gasteiger partial charge on any atom is 0.311 e. The third-order valence-electron chi connectivity index (χ3n) is 5.05. The molecule has 7 unspecified atom stereocenters. The van der Waals surface area contributed by atoms with Crippen molar-refractivity contribution in [1.82, 2.24) is 0 Å². The van der Waals surface area contributed by atoms with Crippen molar-refractivity contribution in [2.45, 2.75) is 89.5 Å². The Morgan fingerprint density at radius 2 is 1.59 bits per heavy atom. The van der Waals surface area contributed by atoms with Gasteiger partial charge in [-0.3, -0.25) is 4.79 Å². The van der Waals surface area contributed by atoms with Crippen molar-refractivity contribution in [1.29, 1.82) is 0 Å². The molecule has 126 valence electrons. The van der Waals surface area contributed by atoms with Crippen LogP contribution in [0.25, 0.3) is 0 Å². The van der Waals surface area contributed by atoms with Gasteiger partial charge in [-0.2, -0.15) is 0 Å². The number of epoxide rings is 3. The van der Waals surface area contributed by atoms with Crippen LogP contribution in [0.2, 0.25) is 0 Å². The van der Waals surface area contributed by atoms with Gasteiger partial charge < -0.3 is 18.9 Å². The maximum atomic E-state index is 12.3. The summed E-state index contributed by atoms with van der Waals surface area (Å²) in [6, 6.07) is 0. The highest BCUT2D eigenvalue weighted by Crippen LogP contribution is 2.37. The second-order valence-corrected chi connectivity index (χ2v) is 6.69. The average molecular weight is 312 g/mol. The number of esters is 1. The lowest BCUT2D eigenvalue weighted by atomic mass is 9.96. The van der Waals surface area contributed by atoms with E-state index in [-0.39, 0.29) is 30.2 Å². The molecule has 3 saturated heterocycles. The number of ether oxygens (including phenoxy) is 4. The van der Waals surface area contributed by atoms with Crippen molar-refractivity contribution >= 4 is 5.97 Å². The number of rotatable bonds is 10. The Kier molecular flexibility index (Phi) is 5.05. The van der Waals surface area contributed by atoms with Crippen LogP contribution in [0.4, 0.5) is 0 Å². The molecule has 3 heterocycles. The van der Waals surface area contributed by atoms with Crippen molar-refractivity contribution in [2.24, 2.45) is 5.92 Å². The van der Waals surface area contributed by atoms with Gasteiger partial charge in [0.25, 0.3) is 0 Å². The minimum atomic E-state index is -0.140. The highest BCUT2D eigenvalue weighted by molar-refractivity contribution is 5.73. The molecule has 3 fully saturated rings. The predicted molar refractivity (Wildman–Crippen MR) is 80.5 cm³/mol. The van der Waals surface area contributed by atoms with E-state index in [1.165, 1.54) is 0 Å². The molecule has 0 radical (unpaired) electrons. The third-order valence-corrected chi connectivity index (χ3v) is 5.05. The van der Waals surface area contributed by atoms with Crippen LogP contribution < -0.4 is 0 Å². The van der Waals surface area contributed by atoms with E-state index < -0.39 is 0 Å². The largest absolute Gasteiger partial charge is 0.465 e. The Morgan fingerprint density at radius 1 is 1.00 bits per heavy atom. The lowest BCUT2D eigenvalue weighted by molar-refractivity contribution is -0.149. The van der Waals surface area contributed by atoms with E-state index in [0.717, 1.165) is 32.1 Å². The summed E-state index contributed by atoms with van der Waals surface area (Å²) in [5.74, 6) is -0.254. The van der Waals surface area contributed by atoms with E-state index in [0.29, 0.717) is 24.9 Å². The molecular weight excluding hydrogens is 284 g/mol. The second-order valence-electron chi connectivity index (χ2n) is 6.69. The maximum absolute atomic E-state index is 12.3. The molecule has 0 aromatic carbocycles. The van der Waals surface area contributed by atoms with E-state index in [4.69, 9.17) is 18.9 Å². The molecule has 7 atom stereocenters. The first-order chi connectivity index (χ1) is 10.6. The van der Waals surface area contributed by atoms with Gasteiger partial charge in [-0.1, -0.05) is 13.8 Å². The van der Waals surface area contributed by atoms with Gasteiger partial charge in [0.15, 0.2) is 0 Å². The van der Waals surface area contributed by atoms with E-state index in [9.17, 15) is 4.79 Å². The van der Waals surface area contributed by atoms with E-state index >= 15 is 0 Å². The van der Waals surface area contributed by atoms with Crippen LogP contribution in [0.5, 0.6) is 0 Å². The van der Waals surface area contributed by atoms with Gasteiger partial charge >= 0.3 is 5.97 Å². The third kappa shape index (κ3) is 4.00. The number of carbonyl (C=O) groups is 1. The van der Waals surface area contributed by atoms with Crippen LogP contribution in [0.15, 0.2) is 0 Å². The molecule has 0 bridgehead atoms. The SMILES string of the molecule is CCC1OC1CCOC(=O)C(CCC1OC1CC)C1OC1C. The summed E-state index contributed by atoms with van der Waals surface area (Å²) in [5.41, 5.74) is 0. The Labute approximate surface area is 132 Å². The molecule has 3 aliphatic rings. The van der Waals surface area contributed by atoms with Crippen LogP contribution in [0, 0.1) is 5.92 Å². The number of hydrogen-bond donors (Lipinski definition) is 0. The topological polar surface area (TPSA) is 63.9 Å². The van der Waals surface area contributed by atoms with Gasteiger partial charge in [-0.15, -0.1) is 0 Å². The van der Waals surface area contributed by atoms with Gasteiger partial charge in [-0.05, 0) is 32.6 Å². The first kappa shape index (κ1) is 16.2. The Balaban J connectivity index is 1.38. The molecule has 0 aromatic heterocycles. The van der Waals surface area contributed by atoms with E-state index in [2.05, 4.69) is 13.8 Å². The molecule has 5 heteroatoms. The lowest BCUT2D eigenvalue weighted by Crippen LogP contribution is -2.25. The van der Waals surface area contributed by atoms with Gasteiger partial charge in [-0.25, -0.2) is 0 Å². The summed E-state index contributed by atoms with van der Waals surface area (Å²) in [6.07, 6.45) is 6.22. The van der Waals surface area contributed by atoms with Gasteiger partial charge in [0.05, 0.1) is 49.1 Å². The molecule has 3 aliphatic heterocycles. The molecule has 0 aromatic rings. The van der Waals surface area contributed by atoms with Gasteiger partial charge in [0, 0.05) is 6.42 Å². The minimum absolute atomic E-state index is 0.0342. The van der Waals surface area contributed by atoms with Gasteiger partial charge in [0.2, 0.25) is 0 Å². The number of carbonyl (C=O) groups excluding carboxylic acids is 1. The smallest absolute Gasteiger partial charge is 0.311 e. The fourth-order valence-corrected chi connectivity index (χ4v) is 3.35. The summed E-state index contributed by atoms with van der Waals surface area (Å²) in [5, 5.41) is 0. The van der Waals surface area contributed by atoms with Crippen molar-refractivity contribution in [3.63, 3.8) is 0 Å². The zero-order valence-corrected chi connectivity index (χ0v) is 13.8. The predicted octanol–water partition coefficient (Wildman–Crippen LogP) is 2.46. The molecule has 0 spiro atoms. The van der Waals surface area contributed by atoms with Gasteiger partial charge in [0.1, 0.15) is 0 Å². The van der Waals surface area contributed by atoms with Crippen LogP contribution in [0.1, 0.15) is 52.9 Å². The summed E-state index contributed by atoms with van der Waals surface area (Å²) >= 11 is 0. The summed E-state index contributed by atoms with van der Waals surface area (Å²) < 4.78 is 22.0. The summed E-state index contributed by atoms with van der Waals surface area (Å²) in [4.78, 5) is 12.3. The molecule has 5 nitrogen and oxygen atoms in total. The first-order valence-electron chi connectivity index (χ1n) is 8.77. The Bertz CT molecular complexity index is 399. The average Bonchev–Trinajstić information content (AvgIpc) is 3.38. The van der Waals surface area contributed by atoms with E-state index in [1.807, 2.05) is 6.92 Å².